The van der Waals surface area contributed by atoms with Gasteiger partial charge < -0.3 is 19.5 Å². The summed E-state index contributed by atoms with van der Waals surface area (Å²) in [6, 6.07) is 5.65. The van der Waals surface area contributed by atoms with Crippen LogP contribution in [0.3, 0.4) is 0 Å². The summed E-state index contributed by atoms with van der Waals surface area (Å²) in [6.07, 6.45) is 2.72. The van der Waals surface area contributed by atoms with Gasteiger partial charge in [-0.05, 0) is 55.9 Å². The Hall–Kier alpha value is -1.90. The molecule has 0 saturated carbocycles. The molecule has 0 spiro atoms. The van der Waals surface area contributed by atoms with Crippen molar-refractivity contribution in [2.24, 2.45) is 5.10 Å². The smallest absolute Gasteiger partial charge is 0.186 e. The largest absolute Gasteiger partial charge is 0.493 e. The zero-order valence-corrected chi connectivity index (χ0v) is 16.3. The van der Waals surface area contributed by atoms with Gasteiger partial charge >= 0.3 is 0 Å². The molecule has 1 fully saturated rings. The van der Waals surface area contributed by atoms with E-state index in [2.05, 4.69) is 20.7 Å². The van der Waals surface area contributed by atoms with Crippen molar-refractivity contribution in [2.75, 3.05) is 53.1 Å². The zero-order valence-electron chi connectivity index (χ0n) is 15.5. The Morgan fingerprint density at radius 1 is 1.35 bits per heavy atom. The summed E-state index contributed by atoms with van der Waals surface area (Å²) in [7, 11) is 1.62. The van der Waals surface area contributed by atoms with E-state index >= 15 is 0 Å². The number of hydrazone groups is 1. The van der Waals surface area contributed by atoms with Crippen molar-refractivity contribution >= 4 is 23.5 Å². The number of ether oxygens (including phenoxy) is 3. The molecule has 8 heteroatoms. The van der Waals surface area contributed by atoms with Crippen LogP contribution in [0.5, 0.6) is 11.5 Å². The Bertz CT molecular complexity index is 592. The van der Waals surface area contributed by atoms with Crippen LogP contribution in [-0.4, -0.2) is 69.3 Å². The van der Waals surface area contributed by atoms with Gasteiger partial charge in [0.05, 0.1) is 33.1 Å². The van der Waals surface area contributed by atoms with Crippen LogP contribution in [0.4, 0.5) is 0 Å². The predicted octanol–water partition coefficient (Wildman–Crippen LogP) is 1.61. The highest BCUT2D eigenvalue weighted by molar-refractivity contribution is 7.80. The molecule has 2 N–H and O–H groups in total. The number of methoxy groups -OCH3 is 1. The number of rotatable bonds is 9. The Labute approximate surface area is 160 Å². The van der Waals surface area contributed by atoms with Crippen LogP contribution in [0.15, 0.2) is 23.3 Å². The van der Waals surface area contributed by atoms with Crippen LogP contribution < -0.4 is 20.2 Å². The molecule has 1 saturated heterocycles. The zero-order chi connectivity index (χ0) is 18.6. The van der Waals surface area contributed by atoms with Crippen molar-refractivity contribution in [1.82, 2.24) is 15.6 Å². The van der Waals surface area contributed by atoms with Crippen LogP contribution in [0.1, 0.15) is 18.9 Å². The molecule has 2 rings (SSSR count). The van der Waals surface area contributed by atoms with Crippen LogP contribution in [0.25, 0.3) is 0 Å². The lowest BCUT2D eigenvalue weighted by Crippen LogP contribution is -2.39. The Morgan fingerprint density at radius 2 is 2.15 bits per heavy atom. The fourth-order valence-corrected chi connectivity index (χ4v) is 2.73. The third-order valence-electron chi connectivity index (χ3n) is 3.91. The lowest BCUT2D eigenvalue weighted by molar-refractivity contribution is 0.0376. The van der Waals surface area contributed by atoms with E-state index in [1.807, 2.05) is 25.1 Å². The van der Waals surface area contributed by atoms with Crippen LogP contribution >= 0.6 is 12.2 Å². The average Bonchev–Trinajstić information content (AvgIpc) is 2.67. The molecule has 0 amide bonds. The Balaban J connectivity index is 1.67. The molecular formula is C18H28N4O3S. The third-order valence-corrected chi connectivity index (χ3v) is 4.14. The summed E-state index contributed by atoms with van der Waals surface area (Å²) in [6.45, 7) is 8.09. The highest BCUT2D eigenvalue weighted by Gasteiger charge is 2.09. The molecule has 0 radical (unpaired) electrons. The number of benzene rings is 1. The van der Waals surface area contributed by atoms with Gasteiger partial charge in [-0.2, -0.15) is 5.10 Å². The topological polar surface area (TPSA) is 67.4 Å². The summed E-state index contributed by atoms with van der Waals surface area (Å²) in [5.41, 5.74) is 3.73. The standard InChI is InChI=1S/C18H28N4O3S/c1-3-25-16-6-5-15(13-17(16)23-2)14-20-21-18(26)19-7-4-8-22-9-11-24-12-10-22/h5-6,13-14H,3-4,7-12H2,1-2H3,(H2,19,21,26)/b20-14-. The maximum atomic E-state index is 5.50. The molecule has 1 aliphatic rings. The summed E-state index contributed by atoms with van der Waals surface area (Å²) in [4.78, 5) is 2.40. The van der Waals surface area contributed by atoms with E-state index in [9.17, 15) is 0 Å². The first-order valence-electron chi connectivity index (χ1n) is 8.90. The summed E-state index contributed by atoms with van der Waals surface area (Å²) < 4.78 is 16.2. The lowest BCUT2D eigenvalue weighted by Gasteiger charge is -2.26. The van der Waals surface area contributed by atoms with Gasteiger partial charge in [0.25, 0.3) is 0 Å². The monoisotopic (exact) mass is 380 g/mol. The molecule has 0 unspecified atom stereocenters. The van der Waals surface area contributed by atoms with Crippen LogP contribution in [0, 0.1) is 0 Å². The molecule has 0 aliphatic carbocycles. The number of thiocarbonyl (C=S) groups is 1. The third kappa shape index (κ3) is 7.15. The van der Waals surface area contributed by atoms with Crippen molar-refractivity contribution in [1.29, 1.82) is 0 Å². The van der Waals surface area contributed by atoms with Gasteiger partial charge in [0.1, 0.15) is 0 Å². The highest BCUT2D eigenvalue weighted by Crippen LogP contribution is 2.27. The second kappa shape index (κ2) is 11.7. The summed E-state index contributed by atoms with van der Waals surface area (Å²) in [5, 5.41) is 7.83. The molecule has 1 aromatic rings. The van der Waals surface area contributed by atoms with Gasteiger partial charge in [-0.3, -0.25) is 10.3 Å². The van der Waals surface area contributed by atoms with Gasteiger partial charge in [-0.25, -0.2) is 0 Å². The van der Waals surface area contributed by atoms with E-state index in [4.69, 9.17) is 26.4 Å². The van der Waals surface area contributed by atoms with Crippen molar-refractivity contribution in [3.8, 4) is 11.5 Å². The predicted molar refractivity (Wildman–Crippen MR) is 107 cm³/mol. The van der Waals surface area contributed by atoms with Gasteiger partial charge in [-0.1, -0.05) is 0 Å². The van der Waals surface area contributed by atoms with Crippen LogP contribution in [0.2, 0.25) is 0 Å². The highest BCUT2D eigenvalue weighted by atomic mass is 32.1. The van der Waals surface area contributed by atoms with E-state index in [-0.39, 0.29) is 0 Å². The van der Waals surface area contributed by atoms with E-state index in [1.165, 1.54) is 0 Å². The second-order valence-electron chi connectivity index (χ2n) is 5.78. The van der Waals surface area contributed by atoms with Gasteiger partial charge in [-0.15, -0.1) is 0 Å². The molecular weight excluding hydrogens is 352 g/mol. The Kier molecular flexibility index (Phi) is 9.16. The number of morpholine rings is 1. The van der Waals surface area contributed by atoms with Gasteiger partial charge in [0.2, 0.25) is 0 Å². The van der Waals surface area contributed by atoms with Crippen LogP contribution in [-0.2, 0) is 4.74 Å². The first kappa shape index (κ1) is 20.4. The molecule has 144 valence electrons. The van der Waals surface area contributed by atoms with Gasteiger partial charge in [0.15, 0.2) is 16.6 Å². The first-order chi connectivity index (χ1) is 12.7. The number of nitrogens with zero attached hydrogens (tertiary/aromatic N) is 2. The fraction of sp³-hybridized carbons (Fsp3) is 0.556. The number of hydrogen-bond donors (Lipinski definition) is 2. The van der Waals surface area contributed by atoms with Crippen molar-refractivity contribution in [2.45, 2.75) is 13.3 Å². The van der Waals surface area contributed by atoms with Crippen molar-refractivity contribution < 1.29 is 14.2 Å². The van der Waals surface area contributed by atoms with Crippen molar-refractivity contribution in [3.05, 3.63) is 23.8 Å². The minimum Gasteiger partial charge on any atom is -0.493 e. The van der Waals surface area contributed by atoms with E-state index in [0.29, 0.717) is 17.5 Å². The normalized spacial score (nSPS) is 15.0. The molecule has 1 aromatic carbocycles. The van der Waals surface area contributed by atoms with E-state index < -0.39 is 0 Å². The fourth-order valence-electron chi connectivity index (χ4n) is 2.57. The quantitative estimate of drug-likeness (QED) is 0.292. The summed E-state index contributed by atoms with van der Waals surface area (Å²) in [5.74, 6) is 1.40. The van der Waals surface area contributed by atoms with E-state index in [1.54, 1.807) is 13.3 Å². The maximum Gasteiger partial charge on any atom is 0.186 e. The minimum atomic E-state index is 0.515. The lowest BCUT2D eigenvalue weighted by atomic mass is 10.2. The number of hydrogen-bond acceptors (Lipinski definition) is 6. The maximum absolute atomic E-state index is 5.50. The molecule has 7 nitrogen and oxygen atoms in total. The SMILES string of the molecule is CCOc1ccc(/C=N\NC(=S)NCCCN2CCOCC2)cc1OC. The first-order valence-corrected chi connectivity index (χ1v) is 9.31. The molecule has 1 aliphatic heterocycles. The molecule has 26 heavy (non-hydrogen) atoms. The molecule has 1 heterocycles. The number of nitrogens with one attached hydrogen (secondary N) is 2. The minimum absolute atomic E-state index is 0.515. The second-order valence-corrected chi connectivity index (χ2v) is 6.19. The Morgan fingerprint density at radius 3 is 2.88 bits per heavy atom. The van der Waals surface area contributed by atoms with Gasteiger partial charge in [0, 0.05) is 19.6 Å². The average molecular weight is 381 g/mol. The summed E-state index contributed by atoms with van der Waals surface area (Å²) >= 11 is 5.23. The molecule has 0 bridgehead atoms. The van der Waals surface area contributed by atoms with E-state index in [0.717, 1.165) is 57.1 Å². The molecule has 0 atom stereocenters. The molecule has 0 aromatic heterocycles. The van der Waals surface area contributed by atoms with Crippen molar-refractivity contribution in [3.63, 3.8) is 0 Å².